The van der Waals surface area contributed by atoms with Gasteiger partial charge in [-0.15, -0.1) is 0 Å². The fraction of sp³-hybridized carbons (Fsp3) is 0.333. The van der Waals surface area contributed by atoms with E-state index in [4.69, 9.17) is 14.0 Å². The number of sulfonamides is 1. The van der Waals surface area contributed by atoms with E-state index in [1.165, 1.54) is 28.6 Å². The highest BCUT2D eigenvalue weighted by molar-refractivity contribution is 7.89. The number of nitrogens with zero attached hydrogens (tertiary/aromatic N) is 3. The fourth-order valence-electron chi connectivity index (χ4n) is 3.81. The van der Waals surface area contributed by atoms with Crippen molar-refractivity contribution in [2.75, 3.05) is 26.3 Å². The van der Waals surface area contributed by atoms with Gasteiger partial charge in [0, 0.05) is 24.7 Å². The summed E-state index contributed by atoms with van der Waals surface area (Å²) in [5, 5.41) is 3.98. The Labute approximate surface area is 178 Å². The zero-order valence-corrected chi connectivity index (χ0v) is 17.3. The van der Waals surface area contributed by atoms with Crippen molar-refractivity contribution in [3.63, 3.8) is 0 Å². The molecule has 0 unspecified atom stereocenters. The van der Waals surface area contributed by atoms with Gasteiger partial charge in [0.1, 0.15) is 19.0 Å². The number of piperidine rings is 1. The molecule has 10 heteroatoms. The van der Waals surface area contributed by atoms with E-state index in [9.17, 15) is 12.8 Å². The molecule has 31 heavy (non-hydrogen) atoms. The molecule has 1 atom stereocenters. The molecule has 1 aromatic heterocycles. The maximum absolute atomic E-state index is 13.2. The van der Waals surface area contributed by atoms with Crippen LogP contribution < -0.4 is 9.47 Å². The van der Waals surface area contributed by atoms with Crippen LogP contribution >= 0.6 is 0 Å². The van der Waals surface area contributed by atoms with Crippen LogP contribution in [-0.2, 0) is 10.0 Å². The summed E-state index contributed by atoms with van der Waals surface area (Å²) in [5.41, 5.74) is 0.632. The number of benzene rings is 2. The van der Waals surface area contributed by atoms with Crippen LogP contribution in [0.3, 0.4) is 0 Å². The Hall–Kier alpha value is -2.98. The van der Waals surface area contributed by atoms with Crippen molar-refractivity contribution in [3.05, 3.63) is 54.2 Å². The number of ether oxygens (including phenoxy) is 2. The monoisotopic (exact) mass is 445 g/mol. The average Bonchev–Trinajstić information content (AvgIpc) is 3.30. The van der Waals surface area contributed by atoms with Crippen LogP contribution in [0.15, 0.2) is 51.9 Å². The molecule has 0 aliphatic carbocycles. The summed E-state index contributed by atoms with van der Waals surface area (Å²) in [7, 11) is -3.72. The number of aromatic nitrogens is 2. The van der Waals surface area contributed by atoms with Crippen LogP contribution in [0.1, 0.15) is 24.7 Å². The summed E-state index contributed by atoms with van der Waals surface area (Å²) in [4.78, 5) is 4.58. The molecule has 2 aliphatic rings. The van der Waals surface area contributed by atoms with E-state index in [1.807, 2.05) is 0 Å². The standard InChI is InChI=1S/C21H20FN3O5S/c22-16-5-3-14(4-6-16)20-23-21(30-24-20)15-2-1-9-25(13-15)31(26,27)17-7-8-18-19(12-17)29-11-10-28-18/h3-8,12,15H,1-2,9-11,13H2/t15-/m0/s1. The molecule has 2 aliphatic heterocycles. The first-order chi connectivity index (χ1) is 15.0. The number of rotatable bonds is 4. The van der Waals surface area contributed by atoms with Crippen molar-refractivity contribution in [1.82, 2.24) is 14.4 Å². The van der Waals surface area contributed by atoms with Crippen molar-refractivity contribution in [2.45, 2.75) is 23.7 Å². The highest BCUT2D eigenvalue weighted by Crippen LogP contribution is 2.35. The minimum absolute atomic E-state index is 0.162. The van der Waals surface area contributed by atoms with Crippen molar-refractivity contribution in [3.8, 4) is 22.9 Å². The molecule has 0 bridgehead atoms. The predicted molar refractivity (Wildman–Crippen MR) is 108 cm³/mol. The molecule has 3 aromatic rings. The third-order valence-corrected chi connectivity index (χ3v) is 7.29. The first kappa shape index (κ1) is 20.0. The van der Waals surface area contributed by atoms with E-state index in [-0.39, 0.29) is 23.2 Å². The van der Waals surface area contributed by atoms with Crippen LogP contribution in [0, 0.1) is 5.82 Å². The largest absolute Gasteiger partial charge is 0.486 e. The maximum atomic E-state index is 13.2. The molecule has 0 spiro atoms. The highest BCUT2D eigenvalue weighted by Gasteiger charge is 2.34. The molecule has 8 nitrogen and oxygen atoms in total. The Morgan fingerprint density at radius 2 is 1.81 bits per heavy atom. The van der Waals surface area contributed by atoms with E-state index >= 15 is 0 Å². The number of hydrogen-bond acceptors (Lipinski definition) is 7. The van der Waals surface area contributed by atoms with Gasteiger partial charge in [-0.1, -0.05) is 5.16 Å². The molecule has 3 heterocycles. The Morgan fingerprint density at radius 3 is 2.61 bits per heavy atom. The maximum Gasteiger partial charge on any atom is 0.243 e. The van der Waals surface area contributed by atoms with Crippen LogP contribution in [0.4, 0.5) is 4.39 Å². The van der Waals surface area contributed by atoms with E-state index < -0.39 is 10.0 Å². The van der Waals surface area contributed by atoms with Crippen LogP contribution in [0.25, 0.3) is 11.4 Å². The van der Waals surface area contributed by atoms with Crippen molar-refractivity contribution >= 4 is 10.0 Å². The van der Waals surface area contributed by atoms with E-state index in [2.05, 4.69) is 10.1 Å². The molecular weight excluding hydrogens is 425 g/mol. The lowest BCUT2D eigenvalue weighted by Gasteiger charge is -2.30. The van der Waals surface area contributed by atoms with Gasteiger partial charge in [0.25, 0.3) is 0 Å². The second kappa shape index (κ2) is 7.93. The van der Waals surface area contributed by atoms with Gasteiger partial charge >= 0.3 is 0 Å². The van der Waals surface area contributed by atoms with Gasteiger partial charge in [0.15, 0.2) is 11.5 Å². The summed E-state index contributed by atoms with van der Waals surface area (Å²) in [5.74, 6) is 1.13. The van der Waals surface area contributed by atoms with Crippen LogP contribution in [-0.4, -0.2) is 49.2 Å². The Balaban J connectivity index is 1.36. The average molecular weight is 445 g/mol. The molecular formula is C21H20FN3O5S. The third-order valence-electron chi connectivity index (χ3n) is 5.43. The molecule has 1 fully saturated rings. The summed E-state index contributed by atoms with van der Waals surface area (Å²) in [6.07, 6.45) is 1.40. The second-order valence-corrected chi connectivity index (χ2v) is 9.41. The molecule has 2 aromatic carbocycles. The number of hydrogen-bond donors (Lipinski definition) is 0. The zero-order valence-electron chi connectivity index (χ0n) is 16.5. The molecule has 162 valence electrons. The van der Waals surface area contributed by atoms with Crippen molar-refractivity contribution in [1.29, 1.82) is 0 Å². The Kier molecular flexibility index (Phi) is 5.11. The predicted octanol–water partition coefficient (Wildman–Crippen LogP) is 3.22. The quantitative estimate of drug-likeness (QED) is 0.609. The third kappa shape index (κ3) is 3.88. The zero-order chi connectivity index (χ0) is 21.4. The molecule has 0 saturated carbocycles. The van der Waals surface area contributed by atoms with Gasteiger partial charge in [-0.2, -0.15) is 9.29 Å². The Bertz CT molecular complexity index is 1200. The molecule has 0 radical (unpaired) electrons. The molecule has 0 amide bonds. The molecule has 5 rings (SSSR count). The van der Waals surface area contributed by atoms with E-state index in [0.717, 1.165) is 6.42 Å². The smallest absolute Gasteiger partial charge is 0.243 e. The van der Waals surface area contributed by atoms with Crippen LogP contribution in [0.2, 0.25) is 0 Å². The van der Waals surface area contributed by atoms with Gasteiger partial charge in [-0.25, -0.2) is 12.8 Å². The van der Waals surface area contributed by atoms with Gasteiger partial charge in [0.2, 0.25) is 21.7 Å². The number of fused-ring (bicyclic) bond motifs is 1. The first-order valence-corrected chi connectivity index (χ1v) is 11.4. The van der Waals surface area contributed by atoms with Gasteiger partial charge in [-0.3, -0.25) is 0 Å². The Morgan fingerprint density at radius 1 is 1.03 bits per heavy atom. The van der Waals surface area contributed by atoms with Crippen molar-refractivity contribution in [2.24, 2.45) is 0 Å². The second-order valence-electron chi connectivity index (χ2n) is 7.47. The van der Waals surface area contributed by atoms with E-state index in [0.29, 0.717) is 55.0 Å². The van der Waals surface area contributed by atoms with Crippen LogP contribution in [0.5, 0.6) is 11.5 Å². The normalized spacial score (nSPS) is 19.3. The van der Waals surface area contributed by atoms with Gasteiger partial charge in [-0.05, 0) is 49.2 Å². The topological polar surface area (TPSA) is 94.8 Å². The lowest BCUT2D eigenvalue weighted by molar-refractivity contribution is 0.171. The minimum atomic E-state index is -3.72. The summed E-state index contributed by atoms with van der Waals surface area (Å²) < 4.78 is 57.5. The van der Waals surface area contributed by atoms with E-state index in [1.54, 1.807) is 18.2 Å². The SMILES string of the molecule is O=S(=O)(c1ccc2c(c1)OCCO2)N1CCC[C@H](c2nc(-c3ccc(F)cc3)no2)C1. The number of halogens is 1. The lowest BCUT2D eigenvalue weighted by atomic mass is 10.00. The highest BCUT2D eigenvalue weighted by atomic mass is 32.2. The summed E-state index contributed by atoms with van der Waals surface area (Å²) >= 11 is 0. The molecule has 1 saturated heterocycles. The lowest BCUT2D eigenvalue weighted by Crippen LogP contribution is -2.39. The first-order valence-electron chi connectivity index (χ1n) is 10.00. The fourth-order valence-corrected chi connectivity index (χ4v) is 5.35. The van der Waals surface area contributed by atoms with Gasteiger partial charge < -0.3 is 14.0 Å². The summed E-state index contributed by atoms with van der Waals surface area (Å²) in [6.45, 7) is 1.47. The van der Waals surface area contributed by atoms with Crippen molar-refractivity contribution < 1.29 is 26.8 Å². The minimum Gasteiger partial charge on any atom is -0.486 e. The summed E-state index contributed by atoms with van der Waals surface area (Å²) in [6, 6.07) is 10.5. The van der Waals surface area contributed by atoms with Gasteiger partial charge in [0.05, 0.1) is 10.8 Å². The molecule has 0 N–H and O–H groups in total.